The molecule has 2 heteroatoms. The molecule has 0 heterocycles. The van der Waals surface area contributed by atoms with Crippen LogP contribution < -0.4 is 0 Å². The number of hydrogen-bond donors (Lipinski definition) is 0. The van der Waals surface area contributed by atoms with Gasteiger partial charge in [-0.15, -0.1) is 0 Å². The molecule has 0 bridgehead atoms. The van der Waals surface area contributed by atoms with Gasteiger partial charge in [0.15, 0.2) is 5.78 Å². The summed E-state index contributed by atoms with van der Waals surface area (Å²) in [6.45, 7) is 0. The Morgan fingerprint density at radius 3 is 2.37 bits per heavy atom. The zero-order chi connectivity index (χ0) is 13.5. The van der Waals surface area contributed by atoms with Crippen molar-refractivity contribution in [2.45, 2.75) is 51.4 Å². The van der Waals surface area contributed by atoms with Gasteiger partial charge in [0.05, 0.1) is 0 Å². The van der Waals surface area contributed by atoms with Crippen LogP contribution >= 0.6 is 0 Å². The van der Waals surface area contributed by atoms with Gasteiger partial charge >= 0.3 is 0 Å². The first kappa shape index (κ1) is 14.0. The van der Waals surface area contributed by atoms with Gasteiger partial charge in [-0.25, -0.2) is 0 Å². The summed E-state index contributed by atoms with van der Waals surface area (Å²) in [5, 5.41) is 0. The van der Waals surface area contributed by atoms with E-state index in [9.17, 15) is 9.59 Å². The van der Waals surface area contributed by atoms with E-state index in [1.807, 2.05) is 18.2 Å². The Labute approximate surface area is 115 Å². The summed E-state index contributed by atoms with van der Waals surface area (Å²) in [5.74, 6) is -0.228. The highest BCUT2D eigenvalue weighted by atomic mass is 16.2. The first-order valence-electron chi connectivity index (χ1n) is 7.38. The third-order valence-corrected chi connectivity index (χ3v) is 3.96. The molecule has 1 aromatic carbocycles. The third-order valence-electron chi connectivity index (χ3n) is 3.96. The monoisotopic (exact) mass is 258 g/mol. The maximum absolute atomic E-state index is 12.0. The van der Waals surface area contributed by atoms with Crippen molar-refractivity contribution in [2.24, 2.45) is 5.92 Å². The van der Waals surface area contributed by atoms with Gasteiger partial charge in [-0.1, -0.05) is 49.6 Å². The van der Waals surface area contributed by atoms with Crippen LogP contribution in [-0.4, -0.2) is 11.6 Å². The predicted octanol–water partition coefficient (Wildman–Crippen LogP) is 3.73. The van der Waals surface area contributed by atoms with Crippen molar-refractivity contribution in [1.29, 1.82) is 0 Å². The van der Waals surface area contributed by atoms with Crippen LogP contribution in [0.1, 0.15) is 50.5 Å². The van der Waals surface area contributed by atoms with Crippen LogP contribution in [0.5, 0.6) is 0 Å². The molecular formula is C17H22O2. The van der Waals surface area contributed by atoms with Crippen molar-refractivity contribution in [1.82, 2.24) is 0 Å². The highest BCUT2D eigenvalue weighted by Gasteiger charge is 2.25. The summed E-state index contributed by atoms with van der Waals surface area (Å²) in [4.78, 5) is 23.9. The molecule has 0 saturated heterocycles. The minimum atomic E-state index is -0.150. The van der Waals surface area contributed by atoms with Crippen molar-refractivity contribution in [3.05, 3.63) is 35.9 Å². The normalized spacial score (nSPS) is 16.2. The highest BCUT2D eigenvalue weighted by molar-refractivity contribution is 6.37. The number of rotatable bonds is 6. The minimum absolute atomic E-state index is 0.0259. The zero-order valence-corrected chi connectivity index (χ0v) is 11.4. The van der Waals surface area contributed by atoms with Crippen molar-refractivity contribution in [3.8, 4) is 0 Å². The molecule has 1 aliphatic carbocycles. The van der Waals surface area contributed by atoms with Crippen LogP contribution in [0.4, 0.5) is 0 Å². The zero-order valence-electron chi connectivity index (χ0n) is 11.4. The summed E-state index contributed by atoms with van der Waals surface area (Å²) in [6, 6.07) is 10.1. The SMILES string of the molecule is O=C(CCCc1ccccc1)C(=O)C1CCCCC1. The van der Waals surface area contributed by atoms with Crippen LogP contribution in [0.25, 0.3) is 0 Å². The molecule has 0 aliphatic heterocycles. The van der Waals surface area contributed by atoms with Crippen molar-refractivity contribution < 1.29 is 9.59 Å². The molecule has 0 amide bonds. The van der Waals surface area contributed by atoms with E-state index in [0.717, 1.165) is 38.5 Å². The second-order valence-electron chi connectivity index (χ2n) is 5.46. The molecule has 1 fully saturated rings. The lowest BCUT2D eigenvalue weighted by atomic mass is 9.84. The molecule has 0 atom stereocenters. The Bertz CT molecular complexity index is 416. The van der Waals surface area contributed by atoms with Crippen molar-refractivity contribution >= 4 is 11.6 Å². The van der Waals surface area contributed by atoms with Gasteiger partial charge in [-0.2, -0.15) is 0 Å². The first-order valence-corrected chi connectivity index (χ1v) is 7.38. The number of carbonyl (C=O) groups excluding carboxylic acids is 2. The topological polar surface area (TPSA) is 34.1 Å². The number of Topliss-reactive ketones (excluding diaryl/α,β-unsaturated/α-hetero) is 2. The van der Waals surface area contributed by atoms with Crippen molar-refractivity contribution in [3.63, 3.8) is 0 Å². The molecule has 2 rings (SSSR count). The molecular weight excluding hydrogens is 236 g/mol. The molecule has 0 aromatic heterocycles. The molecule has 1 aliphatic rings. The first-order chi connectivity index (χ1) is 9.27. The summed E-state index contributed by atoms with van der Waals surface area (Å²) in [5.41, 5.74) is 1.24. The number of carbonyl (C=O) groups is 2. The van der Waals surface area contributed by atoms with E-state index < -0.39 is 0 Å². The molecule has 2 nitrogen and oxygen atoms in total. The lowest BCUT2D eigenvalue weighted by Crippen LogP contribution is -2.25. The van der Waals surface area contributed by atoms with E-state index in [4.69, 9.17) is 0 Å². The largest absolute Gasteiger partial charge is 0.291 e. The molecule has 1 saturated carbocycles. The second-order valence-corrected chi connectivity index (χ2v) is 5.46. The van der Waals surface area contributed by atoms with Crippen LogP contribution in [-0.2, 0) is 16.0 Å². The van der Waals surface area contributed by atoms with Crippen LogP contribution in [0.3, 0.4) is 0 Å². The van der Waals surface area contributed by atoms with Crippen LogP contribution in [0.2, 0.25) is 0 Å². The molecule has 102 valence electrons. The number of ketones is 2. The Morgan fingerprint density at radius 2 is 1.68 bits per heavy atom. The smallest absolute Gasteiger partial charge is 0.201 e. The molecule has 1 aromatic rings. The van der Waals surface area contributed by atoms with E-state index in [1.54, 1.807) is 0 Å². The Kier molecular flexibility index (Phi) is 5.31. The molecule has 0 spiro atoms. The Morgan fingerprint density at radius 1 is 1.00 bits per heavy atom. The maximum atomic E-state index is 12.0. The summed E-state index contributed by atoms with van der Waals surface area (Å²) in [7, 11) is 0. The minimum Gasteiger partial charge on any atom is -0.291 e. The summed E-state index contributed by atoms with van der Waals surface area (Å²) < 4.78 is 0. The molecule has 0 unspecified atom stereocenters. The maximum Gasteiger partial charge on any atom is 0.201 e. The van der Waals surface area contributed by atoms with E-state index >= 15 is 0 Å². The Hall–Kier alpha value is -1.44. The van der Waals surface area contributed by atoms with E-state index in [-0.39, 0.29) is 17.5 Å². The fraction of sp³-hybridized carbons (Fsp3) is 0.529. The van der Waals surface area contributed by atoms with Crippen LogP contribution in [0, 0.1) is 5.92 Å². The van der Waals surface area contributed by atoms with Gasteiger partial charge in [0, 0.05) is 12.3 Å². The van der Waals surface area contributed by atoms with Gasteiger partial charge in [0.2, 0.25) is 5.78 Å². The lowest BCUT2D eigenvalue weighted by Gasteiger charge is -2.19. The van der Waals surface area contributed by atoms with Gasteiger partial charge in [-0.05, 0) is 31.2 Å². The number of benzene rings is 1. The fourth-order valence-electron chi connectivity index (χ4n) is 2.81. The molecule has 0 N–H and O–H groups in total. The summed E-state index contributed by atoms with van der Waals surface area (Å²) in [6.07, 6.45) is 7.33. The third kappa shape index (κ3) is 4.30. The van der Waals surface area contributed by atoms with E-state index in [1.165, 1.54) is 12.0 Å². The quantitative estimate of drug-likeness (QED) is 0.729. The second kappa shape index (κ2) is 7.22. The summed E-state index contributed by atoms with van der Waals surface area (Å²) >= 11 is 0. The Balaban J connectivity index is 1.73. The van der Waals surface area contributed by atoms with Gasteiger partial charge in [-0.3, -0.25) is 9.59 Å². The van der Waals surface area contributed by atoms with Gasteiger partial charge in [0.1, 0.15) is 0 Å². The molecule has 19 heavy (non-hydrogen) atoms. The lowest BCUT2D eigenvalue weighted by molar-refractivity contribution is -0.139. The van der Waals surface area contributed by atoms with Crippen molar-refractivity contribution in [2.75, 3.05) is 0 Å². The standard InChI is InChI=1S/C17H22O2/c18-16(17(19)15-11-5-2-6-12-15)13-7-10-14-8-3-1-4-9-14/h1,3-4,8-9,15H,2,5-7,10-13H2. The average Bonchev–Trinajstić information content (AvgIpc) is 2.48. The average molecular weight is 258 g/mol. The van der Waals surface area contributed by atoms with Gasteiger partial charge < -0.3 is 0 Å². The number of aryl methyl sites for hydroxylation is 1. The molecule has 0 radical (unpaired) electrons. The van der Waals surface area contributed by atoms with Gasteiger partial charge in [0.25, 0.3) is 0 Å². The highest BCUT2D eigenvalue weighted by Crippen LogP contribution is 2.25. The fourth-order valence-corrected chi connectivity index (χ4v) is 2.81. The van der Waals surface area contributed by atoms with E-state index in [2.05, 4.69) is 12.1 Å². The van der Waals surface area contributed by atoms with Crippen LogP contribution in [0.15, 0.2) is 30.3 Å². The number of hydrogen-bond acceptors (Lipinski definition) is 2. The predicted molar refractivity (Wildman–Crippen MR) is 76.0 cm³/mol. The van der Waals surface area contributed by atoms with E-state index in [0.29, 0.717) is 6.42 Å².